The molecule has 100 valence electrons. The Morgan fingerprint density at radius 2 is 2.24 bits per heavy atom. The maximum Gasteiger partial charge on any atom is 0.0791 e. The minimum atomic E-state index is -0.231. The van der Waals surface area contributed by atoms with Crippen LogP contribution in [-0.4, -0.2) is 72.4 Å². The van der Waals surface area contributed by atoms with E-state index in [1.807, 2.05) is 0 Å². The number of aliphatic hydroxyl groups excluding tert-OH is 1. The van der Waals surface area contributed by atoms with Crippen molar-refractivity contribution in [3.8, 4) is 0 Å². The van der Waals surface area contributed by atoms with Crippen molar-refractivity contribution < 1.29 is 5.11 Å². The molecule has 0 amide bonds. The third-order valence-electron chi connectivity index (χ3n) is 4.14. The maximum atomic E-state index is 9.97. The predicted molar refractivity (Wildman–Crippen MR) is 70.2 cm³/mol. The molecule has 2 saturated heterocycles. The van der Waals surface area contributed by atoms with Crippen LogP contribution < -0.4 is 5.32 Å². The van der Waals surface area contributed by atoms with E-state index in [1.54, 1.807) is 0 Å². The number of hydrogen-bond acceptors (Lipinski definition) is 4. The van der Waals surface area contributed by atoms with Gasteiger partial charge in [0, 0.05) is 38.3 Å². The lowest BCUT2D eigenvalue weighted by molar-refractivity contribution is 0.0235. The fourth-order valence-electron chi connectivity index (χ4n) is 3.15. The van der Waals surface area contributed by atoms with Crippen LogP contribution >= 0.6 is 0 Å². The predicted octanol–water partition coefficient (Wildman–Crippen LogP) is 0.125. The summed E-state index contributed by atoms with van der Waals surface area (Å²) in [5.41, 5.74) is 0. The summed E-state index contributed by atoms with van der Waals surface area (Å²) in [6.45, 7) is 10.4. The molecule has 3 atom stereocenters. The first-order valence-corrected chi connectivity index (χ1v) is 7.07. The zero-order valence-corrected chi connectivity index (χ0v) is 11.2. The van der Waals surface area contributed by atoms with Crippen LogP contribution in [0.4, 0.5) is 0 Å². The molecule has 3 unspecified atom stereocenters. The Bertz CT molecular complexity index is 237. The number of hydrogen-bond donors (Lipinski definition) is 2. The summed E-state index contributed by atoms with van der Waals surface area (Å²) in [7, 11) is 0. The summed E-state index contributed by atoms with van der Waals surface area (Å²) in [5, 5.41) is 13.2. The average molecular weight is 241 g/mol. The number of fused-ring (bicyclic) bond motifs is 1. The largest absolute Gasteiger partial charge is 0.390 e. The molecule has 0 aromatic rings. The fraction of sp³-hybridized carbons (Fsp3) is 1.00. The fourth-order valence-corrected chi connectivity index (χ4v) is 3.15. The SMILES string of the molecule is CCNCC(O)CN1CC2CCCN2CC1C. The smallest absolute Gasteiger partial charge is 0.0791 e. The van der Waals surface area contributed by atoms with Gasteiger partial charge in [-0.25, -0.2) is 0 Å². The molecule has 0 aliphatic carbocycles. The lowest BCUT2D eigenvalue weighted by Crippen LogP contribution is -2.57. The van der Waals surface area contributed by atoms with Gasteiger partial charge in [0.1, 0.15) is 0 Å². The van der Waals surface area contributed by atoms with Gasteiger partial charge in [-0.1, -0.05) is 6.92 Å². The standard InChI is InChI=1S/C13H27N3O/c1-3-14-7-13(17)10-16-9-12-5-4-6-15(12)8-11(16)2/h11-14,17H,3-10H2,1-2H3. The Morgan fingerprint density at radius 1 is 1.41 bits per heavy atom. The highest BCUT2D eigenvalue weighted by molar-refractivity contribution is 4.91. The summed E-state index contributed by atoms with van der Waals surface area (Å²) in [6.07, 6.45) is 2.46. The van der Waals surface area contributed by atoms with Gasteiger partial charge in [-0.3, -0.25) is 9.80 Å². The van der Waals surface area contributed by atoms with Crippen LogP contribution in [-0.2, 0) is 0 Å². The summed E-state index contributed by atoms with van der Waals surface area (Å²) in [6, 6.07) is 1.33. The quantitative estimate of drug-likeness (QED) is 0.717. The van der Waals surface area contributed by atoms with Crippen molar-refractivity contribution in [1.29, 1.82) is 0 Å². The molecule has 17 heavy (non-hydrogen) atoms. The molecule has 2 aliphatic rings. The molecule has 2 fully saturated rings. The number of nitrogens with zero attached hydrogens (tertiary/aromatic N) is 2. The number of β-amino-alcohol motifs (C(OH)–C–C–N with tert-alkyl or cyclic N) is 1. The van der Waals surface area contributed by atoms with Crippen LogP contribution in [0.1, 0.15) is 26.7 Å². The van der Waals surface area contributed by atoms with Crippen molar-refractivity contribution in [3.05, 3.63) is 0 Å². The molecular formula is C13H27N3O. The van der Waals surface area contributed by atoms with Crippen molar-refractivity contribution in [1.82, 2.24) is 15.1 Å². The van der Waals surface area contributed by atoms with E-state index >= 15 is 0 Å². The Labute approximate surface area is 105 Å². The van der Waals surface area contributed by atoms with Crippen LogP contribution in [0.3, 0.4) is 0 Å². The highest BCUT2D eigenvalue weighted by Crippen LogP contribution is 2.24. The molecule has 2 heterocycles. The van der Waals surface area contributed by atoms with Gasteiger partial charge in [-0.2, -0.15) is 0 Å². The second kappa shape index (κ2) is 6.14. The second-order valence-electron chi connectivity index (χ2n) is 5.56. The molecular weight excluding hydrogens is 214 g/mol. The monoisotopic (exact) mass is 241 g/mol. The van der Waals surface area contributed by atoms with Gasteiger partial charge in [0.25, 0.3) is 0 Å². The zero-order chi connectivity index (χ0) is 12.3. The Morgan fingerprint density at radius 3 is 3.00 bits per heavy atom. The van der Waals surface area contributed by atoms with Gasteiger partial charge in [0.2, 0.25) is 0 Å². The van der Waals surface area contributed by atoms with Crippen molar-refractivity contribution in [2.24, 2.45) is 0 Å². The third kappa shape index (κ3) is 3.41. The van der Waals surface area contributed by atoms with E-state index < -0.39 is 0 Å². The van der Waals surface area contributed by atoms with E-state index in [-0.39, 0.29) is 6.10 Å². The normalized spacial score (nSPS) is 32.6. The van der Waals surface area contributed by atoms with Crippen LogP contribution in [0.15, 0.2) is 0 Å². The lowest BCUT2D eigenvalue weighted by Gasteiger charge is -2.43. The van der Waals surface area contributed by atoms with Crippen molar-refractivity contribution in [2.45, 2.75) is 44.9 Å². The third-order valence-corrected chi connectivity index (χ3v) is 4.14. The van der Waals surface area contributed by atoms with E-state index in [0.29, 0.717) is 12.6 Å². The molecule has 0 radical (unpaired) electrons. The second-order valence-corrected chi connectivity index (χ2v) is 5.56. The van der Waals surface area contributed by atoms with Gasteiger partial charge in [-0.15, -0.1) is 0 Å². The first-order valence-electron chi connectivity index (χ1n) is 7.07. The number of rotatable bonds is 5. The minimum Gasteiger partial charge on any atom is -0.390 e. The Hall–Kier alpha value is -0.160. The van der Waals surface area contributed by atoms with Crippen molar-refractivity contribution >= 4 is 0 Å². The average Bonchev–Trinajstić information content (AvgIpc) is 2.74. The topological polar surface area (TPSA) is 38.7 Å². The molecule has 0 bridgehead atoms. The van der Waals surface area contributed by atoms with Crippen LogP contribution in [0.25, 0.3) is 0 Å². The summed E-state index contributed by atoms with van der Waals surface area (Å²) in [4.78, 5) is 5.09. The number of likely N-dealkylation sites (N-methyl/N-ethyl adjacent to an activating group) is 1. The van der Waals surface area contributed by atoms with Crippen molar-refractivity contribution in [3.63, 3.8) is 0 Å². The van der Waals surface area contributed by atoms with Crippen molar-refractivity contribution in [2.75, 3.05) is 39.3 Å². The van der Waals surface area contributed by atoms with E-state index in [4.69, 9.17) is 0 Å². The number of piperazine rings is 1. The highest BCUT2D eigenvalue weighted by Gasteiger charge is 2.34. The molecule has 2 N–H and O–H groups in total. The van der Waals surface area contributed by atoms with Gasteiger partial charge < -0.3 is 10.4 Å². The minimum absolute atomic E-state index is 0.231. The van der Waals surface area contributed by atoms with Crippen LogP contribution in [0.2, 0.25) is 0 Å². The first kappa shape index (κ1) is 13.3. The van der Waals surface area contributed by atoms with E-state index in [9.17, 15) is 5.11 Å². The molecule has 4 heteroatoms. The number of nitrogens with one attached hydrogen (secondary N) is 1. The maximum absolute atomic E-state index is 9.97. The molecule has 0 saturated carbocycles. The molecule has 2 rings (SSSR count). The Balaban J connectivity index is 1.79. The molecule has 0 spiro atoms. The van der Waals surface area contributed by atoms with E-state index in [2.05, 4.69) is 29.0 Å². The molecule has 2 aliphatic heterocycles. The van der Waals surface area contributed by atoms with Crippen LogP contribution in [0, 0.1) is 0 Å². The molecule has 0 aromatic heterocycles. The lowest BCUT2D eigenvalue weighted by atomic mass is 10.1. The number of aliphatic hydroxyl groups is 1. The van der Waals surface area contributed by atoms with Gasteiger partial charge in [0.05, 0.1) is 6.10 Å². The highest BCUT2D eigenvalue weighted by atomic mass is 16.3. The summed E-state index contributed by atoms with van der Waals surface area (Å²) >= 11 is 0. The first-order chi connectivity index (χ1) is 8.20. The van der Waals surface area contributed by atoms with E-state index in [0.717, 1.165) is 25.7 Å². The van der Waals surface area contributed by atoms with Gasteiger partial charge >= 0.3 is 0 Å². The summed E-state index contributed by atoms with van der Waals surface area (Å²) < 4.78 is 0. The summed E-state index contributed by atoms with van der Waals surface area (Å²) in [5.74, 6) is 0. The van der Waals surface area contributed by atoms with Gasteiger partial charge in [-0.05, 0) is 32.9 Å². The zero-order valence-electron chi connectivity index (χ0n) is 11.2. The molecule has 4 nitrogen and oxygen atoms in total. The van der Waals surface area contributed by atoms with Gasteiger partial charge in [0.15, 0.2) is 0 Å². The molecule has 0 aromatic carbocycles. The Kier molecular flexibility index (Phi) is 4.79. The van der Waals surface area contributed by atoms with Crippen LogP contribution in [0.5, 0.6) is 0 Å². The van der Waals surface area contributed by atoms with E-state index in [1.165, 1.54) is 25.9 Å².